The van der Waals surface area contributed by atoms with E-state index in [1.54, 1.807) is 18.3 Å². The molecule has 5 nitrogen and oxygen atoms in total. The minimum Gasteiger partial charge on any atom is -0.464 e. The predicted octanol–water partition coefficient (Wildman–Crippen LogP) is 3.20. The molecule has 3 rings (SSSR count). The third kappa shape index (κ3) is 2.83. The summed E-state index contributed by atoms with van der Waals surface area (Å²) < 4.78 is 4.77. The van der Waals surface area contributed by atoms with Crippen molar-refractivity contribution in [3.63, 3.8) is 0 Å². The number of anilines is 1. The molecular weight excluding hydrogens is 278 g/mol. The van der Waals surface area contributed by atoms with E-state index in [-0.39, 0.29) is 5.69 Å². The largest absolute Gasteiger partial charge is 0.464 e. The number of carbonyl (C=O) groups is 1. The number of aliphatic imine (C=N–C) groups is 1. The van der Waals surface area contributed by atoms with Crippen molar-refractivity contribution in [2.45, 2.75) is 12.8 Å². The molecule has 0 saturated carbocycles. The van der Waals surface area contributed by atoms with Crippen LogP contribution in [0.1, 0.15) is 23.3 Å². The van der Waals surface area contributed by atoms with Crippen molar-refractivity contribution in [2.24, 2.45) is 4.99 Å². The van der Waals surface area contributed by atoms with Crippen LogP contribution >= 0.6 is 0 Å². The first-order valence-electron chi connectivity index (χ1n) is 7.23. The van der Waals surface area contributed by atoms with Crippen LogP contribution in [0.15, 0.2) is 53.7 Å². The summed E-state index contributed by atoms with van der Waals surface area (Å²) in [5, 5.41) is 0. The fourth-order valence-electron chi connectivity index (χ4n) is 2.54. The summed E-state index contributed by atoms with van der Waals surface area (Å²) in [5.74, 6) is 0.480. The molecule has 1 aliphatic rings. The Morgan fingerprint density at radius 1 is 1.23 bits per heavy atom. The lowest BCUT2D eigenvalue weighted by molar-refractivity contribution is 0.0595. The van der Waals surface area contributed by atoms with Crippen LogP contribution in [0.4, 0.5) is 11.4 Å². The van der Waals surface area contributed by atoms with Gasteiger partial charge in [-0.2, -0.15) is 0 Å². The number of aromatic nitrogens is 1. The lowest BCUT2D eigenvalue weighted by atomic mass is 10.3. The Bertz CT molecular complexity index is 698. The number of hydrogen-bond donors (Lipinski definition) is 0. The summed E-state index contributed by atoms with van der Waals surface area (Å²) in [7, 11) is 1.35. The number of pyridine rings is 1. The quantitative estimate of drug-likeness (QED) is 0.816. The molecule has 0 N–H and O–H groups in total. The van der Waals surface area contributed by atoms with Gasteiger partial charge in [0.2, 0.25) is 0 Å². The van der Waals surface area contributed by atoms with Gasteiger partial charge < -0.3 is 9.64 Å². The Kier molecular flexibility index (Phi) is 4.14. The van der Waals surface area contributed by atoms with Gasteiger partial charge in [0.05, 0.1) is 12.8 Å². The molecule has 1 fully saturated rings. The number of amidine groups is 1. The Morgan fingerprint density at radius 2 is 2.05 bits per heavy atom. The number of hydrogen-bond acceptors (Lipinski definition) is 4. The van der Waals surface area contributed by atoms with Crippen LogP contribution in [-0.4, -0.2) is 30.4 Å². The fraction of sp³-hybridized carbons (Fsp3) is 0.235. The van der Waals surface area contributed by atoms with E-state index in [2.05, 4.69) is 27.0 Å². The summed E-state index contributed by atoms with van der Waals surface area (Å²) >= 11 is 0. The minimum absolute atomic E-state index is 0.248. The number of methoxy groups -OCH3 is 1. The van der Waals surface area contributed by atoms with E-state index in [0.717, 1.165) is 30.9 Å². The molecule has 0 bridgehead atoms. The first-order chi connectivity index (χ1) is 10.8. The van der Waals surface area contributed by atoms with Gasteiger partial charge in [0.25, 0.3) is 0 Å². The molecule has 1 aliphatic heterocycles. The molecule has 0 aliphatic carbocycles. The van der Waals surface area contributed by atoms with E-state index in [4.69, 9.17) is 4.74 Å². The number of esters is 1. The maximum absolute atomic E-state index is 11.8. The van der Waals surface area contributed by atoms with Gasteiger partial charge in [0, 0.05) is 24.8 Å². The topological polar surface area (TPSA) is 54.8 Å². The van der Waals surface area contributed by atoms with Gasteiger partial charge in [0.1, 0.15) is 5.84 Å². The third-order valence-electron chi connectivity index (χ3n) is 3.58. The van der Waals surface area contributed by atoms with Gasteiger partial charge in [-0.15, -0.1) is 0 Å². The predicted molar refractivity (Wildman–Crippen MR) is 85.7 cm³/mol. The fourth-order valence-corrected chi connectivity index (χ4v) is 2.54. The van der Waals surface area contributed by atoms with E-state index in [1.165, 1.54) is 7.11 Å². The lowest BCUT2D eigenvalue weighted by Gasteiger charge is -2.19. The highest BCUT2D eigenvalue weighted by molar-refractivity contribution is 6.02. The second kappa shape index (κ2) is 6.39. The van der Waals surface area contributed by atoms with E-state index in [9.17, 15) is 4.79 Å². The zero-order chi connectivity index (χ0) is 15.4. The van der Waals surface area contributed by atoms with Crippen molar-refractivity contribution in [3.8, 4) is 0 Å². The average molecular weight is 295 g/mol. The maximum Gasteiger partial charge on any atom is 0.358 e. The molecule has 5 heteroatoms. The number of nitrogens with zero attached hydrogens (tertiary/aromatic N) is 3. The first kappa shape index (κ1) is 14.3. The van der Waals surface area contributed by atoms with Gasteiger partial charge in [-0.1, -0.05) is 18.2 Å². The van der Waals surface area contributed by atoms with Crippen molar-refractivity contribution in [3.05, 3.63) is 54.4 Å². The molecule has 1 aromatic carbocycles. The van der Waals surface area contributed by atoms with Gasteiger partial charge in [-0.25, -0.2) is 14.8 Å². The molecule has 0 atom stereocenters. The minimum atomic E-state index is -0.468. The number of rotatable bonds is 3. The van der Waals surface area contributed by atoms with Crippen LogP contribution in [0.3, 0.4) is 0 Å². The van der Waals surface area contributed by atoms with Gasteiger partial charge in [-0.05, 0) is 30.7 Å². The Morgan fingerprint density at radius 3 is 2.82 bits per heavy atom. The summed E-state index contributed by atoms with van der Waals surface area (Å²) in [6, 6.07) is 13.7. The first-order valence-corrected chi connectivity index (χ1v) is 7.23. The molecule has 0 spiro atoms. The van der Waals surface area contributed by atoms with Crippen LogP contribution in [-0.2, 0) is 4.74 Å². The van der Waals surface area contributed by atoms with Crippen LogP contribution in [0.5, 0.6) is 0 Å². The third-order valence-corrected chi connectivity index (χ3v) is 3.58. The zero-order valence-corrected chi connectivity index (χ0v) is 12.4. The highest BCUT2D eigenvalue weighted by atomic mass is 16.5. The molecule has 2 aromatic rings. The molecule has 0 radical (unpaired) electrons. The summed E-state index contributed by atoms with van der Waals surface area (Å²) in [6.07, 6.45) is 3.49. The molecule has 1 aromatic heterocycles. The SMILES string of the molecule is COC(=O)c1ncccc1N=C1CCCN1c1ccccc1. The molecular formula is C17H17N3O2. The van der Waals surface area contributed by atoms with E-state index < -0.39 is 5.97 Å². The highest BCUT2D eigenvalue weighted by Crippen LogP contribution is 2.25. The Balaban J connectivity index is 1.96. The van der Waals surface area contributed by atoms with Crippen molar-refractivity contribution in [2.75, 3.05) is 18.6 Å². The van der Waals surface area contributed by atoms with Crippen molar-refractivity contribution in [1.29, 1.82) is 0 Å². The lowest BCUT2D eigenvalue weighted by Crippen LogP contribution is -2.24. The average Bonchev–Trinajstić information content (AvgIpc) is 3.03. The number of benzene rings is 1. The van der Waals surface area contributed by atoms with E-state index >= 15 is 0 Å². The number of ether oxygens (including phenoxy) is 1. The summed E-state index contributed by atoms with van der Waals surface area (Å²) in [5.41, 5.74) is 1.91. The molecule has 0 unspecified atom stereocenters. The molecule has 112 valence electrons. The molecule has 2 heterocycles. The molecule has 1 saturated heterocycles. The molecule has 22 heavy (non-hydrogen) atoms. The normalized spacial score (nSPS) is 16.0. The van der Waals surface area contributed by atoms with Crippen LogP contribution in [0, 0.1) is 0 Å². The number of para-hydroxylation sites is 1. The van der Waals surface area contributed by atoms with Crippen LogP contribution < -0.4 is 4.90 Å². The number of carbonyl (C=O) groups excluding carboxylic acids is 1. The van der Waals surface area contributed by atoms with Gasteiger partial charge in [0.15, 0.2) is 5.69 Å². The highest BCUT2D eigenvalue weighted by Gasteiger charge is 2.21. The van der Waals surface area contributed by atoms with Crippen molar-refractivity contribution >= 4 is 23.2 Å². The second-order valence-corrected chi connectivity index (χ2v) is 4.98. The van der Waals surface area contributed by atoms with Crippen molar-refractivity contribution in [1.82, 2.24) is 4.98 Å². The summed E-state index contributed by atoms with van der Waals surface area (Å²) in [6.45, 7) is 0.927. The molecule has 0 amide bonds. The maximum atomic E-state index is 11.8. The zero-order valence-electron chi connectivity index (χ0n) is 12.4. The Hall–Kier alpha value is -2.69. The van der Waals surface area contributed by atoms with Gasteiger partial charge >= 0.3 is 5.97 Å². The van der Waals surface area contributed by atoms with Gasteiger partial charge in [-0.3, -0.25) is 0 Å². The van der Waals surface area contributed by atoms with Crippen LogP contribution in [0.2, 0.25) is 0 Å². The monoisotopic (exact) mass is 295 g/mol. The second-order valence-electron chi connectivity index (χ2n) is 4.98. The van der Waals surface area contributed by atoms with Crippen LogP contribution in [0.25, 0.3) is 0 Å². The van der Waals surface area contributed by atoms with Crippen molar-refractivity contribution < 1.29 is 9.53 Å². The van der Waals surface area contributed by atoms with E-state index in [0.29, 0.717) is 5.69 Å². The smallest absolute Gasteiger partial charge is 0.358 e. The standard InChI is InChI=1S/C17H17N3O2/c1-22-17(21)16-14(9-5-11-18-16)19-15-10-6-12-20(15)13-7-3-2-4-8-13/h2-5,7-9,11H,6,10,12H2,1H3. The Labute approximate surface area is 129 Å². The van der Waals surface area contributed by atoms with E-state index in [1.807, 2.05) is 18.2 Å². The summed E-state index contributed by atoms with van der Waals surface area (Å²) in [4.78, 5) is 22.7.